The van der Waals surface area contributed by atoms with Crippen LogP contribution in [0.25, 0.3) is 0 Å². The minimum Gasteiger partial charge on any atom is -0.493 e. The highest BCUT2D eigenvalue weighted by Crippen LogP contribution is 2.36. The Morgan fingerprint density at radius 1 is 1.22 bits per heavy atom. The number of sulfonamides is 1. The fourth-order valence-corrected chi connectivity index (χ4v) is 4.76. The van der Waals surface area contributed by atoms with Crippen LogP contribution < -0.4 is 15.2 Å². The zero-order chi connectivity index (χ0) is 17.4. The molecular formula is C16H26N2O4S. The van der Waals surface area contributed by atoms with Gasteiger partial charge in [-0.05, 0) is 30.4 Å². The highest BCUT2D eigenvalue weighted by molar-refractivity contribution is 7.89. The number of hydrogen-bond donors (Lipinski definition) is 1. The van der Waals surface area contributed by atoms with E-state index in [1.807, 2.05) is 13.8 Å². The molecule has 0 radical (unpaired) electrons. The lowest BCUT2D eigenvalue weighted by molar-refractivity contribution is 0.155. The molecule has 1 aromatic carbocycles. The van der Waals surface area contributed by atoms with Gasteiger partial charge in [-0.15, -0.1) is 0 Å². The van der Waals surface area contributed by atoms with Gasteiger partial charge < -0.3 is 15.2 Å². The zero-order valence-corrected chi connectivity index (χ0v) is 15.2. The molecule has 1 heterocycles. The summed E-state index contributed by atoms with van der Waals surface area (Å²) in [7, 11) is -0.582. The molecule has 1 atom stereocenters. The predicted octanol–water partition coefficient (Wildman–Crippen LogP) is 1.76. The molecule has 6 nitrogen and oxygen atoms in total. The van der Waals surface area contributed by atoms with Crippen LogP contribution in [0.15, 0.2) is 17.0 Å². The first-order valence-corrected chi connectivity index (χ1v) is 9.06. The number of benzene rings is 1. The molecule has 2 rings (SSSR count). The Kier molecular flexibility index (Phi) is 4.94. The third-order valence-corrected chi connectivity index (χ3v) is 6.56. The number of methoxy groups -OCH3 is 2. The van der Waals surface area contributed by atoms with Gasteiger partial charge in [-0.3, -0.25) is 0 Å². The van der Waals surface area contributed by atoms with Crippen LogP contribution in [-0.4, -0.2) is 46.1 Å². The lowest BCUT2D eigenvalue weighted by Crippen LogP contribution is -2.53. The van der Waals surface area contributed by atoms with E-state index in [4.69, 9.17) is 15.2 Å². The van der Waals surface area contributed by atoms with Crippen molar-refractivity contribution < 1.29 is 17.9 Å². The van der Waals surface area contributed by atoms with Crippen LogP contribution in [0, 0.1) is 12.3 Å². The molecule has 0 aliphatic carbocycles. The summed E-state index contributed by atoms with van der Waals surface area (Å²) in [5, 5.41) is 0. The fourth-order valence-electron chi connectivity index (χ4n) is 2.91. The third-order valence-electron chi connectivity index (χ3n) is 4.58. The zero-order valence-electron chi connectivity index (χ0n) is 14.4. The SMILES string of the molecule is COc1cc(C)c(S(=O)(=O)N2CCC(N)C(C)(C)C2)cc1OC. The van der Waals surface area contributed by atoms with Gasteiger partial charge in [0.25, 0.3) is 0 Å². The highest BCUT2D eigenvalue weighted by atomic mass is 32.2. The van der Waals surface area contributed by atoms with E-state index < -0.39 is 10.0 Å². The number of nitrogens with zero attached hydrogens (tertiary/aromatic N) is 1. The van der Waals surface area contributed by atoms with Crippen LogP contribution in [0.1, 0.15) is 25.8 Å². The van der Waals surface area contributed by atoms with E-state index >= 15 is 0 Å². The molecule has 130 valence electrons. The van der Waals surface area contributed by atoms with E-state index in [2.05, 4.69) is 0 Å². The maximum Gasteiger partial charge on any atom is 0.243 e. The molecule has 0 bridgehead atoms. The van der Waals surface area contributed by atoms with Gasteiger partial charge in [0.2, 0.25) is 10.0 Å². The van der Waals surface area contributed by atoms with Gasteiger partial charge in [-0.25, -0.2) is 8.42 Å². The van der Waals surface area contributed by atoms with Crippen LogP contribution in [-0.2, 0) is 10.0 Å². The Bertz CT molecular complexity index is 686. The number of nitrogens with two attached hydrogens (primary N) is 1. The average Bonchev–Trinajstić information content (AvgIpc) is 2.49. The van der Waals surface area contributed by atoms with Gasteiger partial charge in [-0.1, -0.05) is 13.8 Å². The standard InChI is InChI=1S/C16H26N2O4S/c1-11-8-12(21-4)13(22-5)9-14(11)23(19,20)18-7-6-15(17)16(2,3)10-18/h8-9,15H,6-7,10,17H2,1-5H3. The van der Waals surface area contributed by atoms with Gasteiger partial charge >= 0.3 is 0 Å². The van der Waals surface area contributed by atoms with Gasteiger partial charge in [0, 0.05) is 25.2 Å². The van der Waals surface area contributed by atoms with Crippen LogP contribution in [0.3, 0.4) is 0 Å². The Morgan fingerprint density at radius 2 is 1.78 bits per heavy atom. The van der Waals surface area contributed by atoms with Crippen LogP contribution >= 0.6 is 0 Å². The second-order valence-corrected chi connectivity index (χ2v) is 8.60. The Morgan fingerprint density at radius 3 is 2.30 bits per heavy atom. The van der Waals surface area contributed by atoms with E-state index in [0.717, 1.165) is 0 Å². The maximum atomic E-state index is 13.1. The van der Waals surface area contributed by atoms with E-state index in [0.29, 0.717) is 36.6 Å². The van der Waals surface area contributed by atoms with E-state index in [1.165, 1.54) is 24.6 Å². The van der Waals surface area contributed by atoms with Crippen molar-refractivity contribution in [2.75, 3.05) is 27.3 Å². The minimum absolute atomic E-state index is 0.000417. The normalized spacial score (nSPS) is 21.9. The van der Waals surface area contributed by atoms with E-state index in [-0.39, 0.29) is 16.4 Å². The summed E-state index contributed by atoms with van der Waals surface area (Å²) in [5.41, 5.74) is 6.49. The lowest BCUT2D eigenvalue weighted by Gasteiger charge is -2.41. The van der Waals surface area contributed by atoms with Gasteiger partial charge in [-0.2, -0.15) is 4.31 Å². The second-order valence-electron chi connectivity index (χ2n) is 6.70. The quantitative estimate of drug-likeness (QED) is 0.901. The van der Waals surface area contributed by atoms with Crippen molar-refractivity contribution in [3.8, 4) is 11.5 Å². The summed E-state index contributed by atoms with van der Waals surface area (Å²) in [4.78, 5) is 0.251. The molecular weight excluding hydrogens is 316 g/mol. The Labute approximate surface area is 138 Å². The summed E-state index contributed by atoms with van der Waals surface area (Å²) < 4.78 is 38.1. The molecule has 0 amide bonds. The van der Waals surface area contributed by atoms with Crippen molar-refractivity contribution in [3.05, 3.63) is 17.7 Å². The van der Waals surface area contributed by atoms with Crippen LogP contribution in [0.5, 0.6) is 11.5 Å². The van der Waals surface area contributed by atoms with Crippen molar-refractivity contribution in [2.24, 2.45) is 11.1 Å². The minimum atomic E-state index is -3.60. The molecule has 1 unspecified atom stereocenters. The Hall–Kier alpha value is -1.31. The lowest BCUT2D eigenvalue weighted by atomic mass is 9.81. The first-order chi connectivity index (χ1) is 10.6. The summed E-state index contributed by atoms with van der Waals surface area (Å²) in [6.45, 7) is 6.60. The predicted molar refractivity (Wildman–Crippen MR) is 89.4 cm³/mol. The molecule has 2 N–H and O–H groups in total. The van der Waals surface area contributed by atoms with Gasteiger partial charge in [0.1, 0.15) is 0 Å². The summed E-state index contributed by atoms with van der Waals surface area (Å²) >= 11 is 0. The Balaban J connectivity index is 2.44. The number of aryl methyl sites for hydroxylation is 1. The molecule has 0 saturated carbocycles. The first-order valence-electron chi connectivity index (χ1n) is 7.62. The molecule has 1 aromatic rings. The molecule has 1 aliphatic rings. The fraction of sp³-hybridized carbons (Fsp3) is 0.625. The van der Waals surface area contributed by atoms with E-state index in [1.54, 1.807) is 13.0 Å². The largest absolute Gasteiger partial charge is 0.493 e. The first kappa shape index (κ1) is 18.0. The van der Waals surface area contributed by atoms with E-state index in [9.17, 15) is 8.42 Å². The van der Waals surface area contributed by atoms with Gasteiger partial charge in [0.05, 0.1) is 19.1 Å². The van der Waals surface area contributed by atoms with Crippen LogP contribution in [0.4, 0.5) is 0 Å². The highest BCUT2D eigenvalue weighted by Gasteiger charge is 2.39. The molecule has 0 aromatic heterocycles. The smallest absolute Gasteiger partial charge is 0.243 e. The number of piperidine rings is 1. The molecule has 0 spiro atoms. The maximum absolute atomic E-state index is 13.1. The monoisotopic (exact) mass is 342 g/mol. The number of hydrogen-bond acceptors (Lipinski definition) is 5. The third kappa shape index (κ3) is 3.32. The average molecular weight is 342 g/mol. The number of rotatable bonds is 4. The van der Waals surface area contributed by atoms with Crippen molar-refractivity contribution in [1.29, 1.82) is 0 Å². The van der Waals surface area contributed by atoms with Crippen molar-refractivity contribution in [3.63, 3.8) is 0 Å². The van der Waals surface area contributed by atoms with Crippen molar-refractivity contribution in [2.45, 2.75) is 38.1 Å². The molecule has 7 heteroatoms. The summed E-state index contributed by atoms with van der Waals surface area (Å²) in [6.07, 6.45) is 0.651. The van der Waals surface area contributed by atoms with Crippen molar-refractivity contribution >= 4 is 10.0 Å². The second kappa shape index (κ2) is 6.30. The van der Waals surface area contributed by atoms with Crippen molar-refractivity contribution in [1.82, 2.24) is 4.31 Å². The summed E-state index contributed by atoms with van der Waals surface area (Å²) in [5.74, 6) is 0.926. The topological polar surface area (TPSA) is 81.9 Å². The molecule has 1 fully saturated rings. The summed E-state index contributed by atoms with van der Waals surface area (Å²) in [6, 6.07) is 3.22. The van der Waals surface area contributed by atoms with Gasteiger partial charge in [0.15, 0.2) is 11.5 Å². The molecule has 1 aliphatic heterocycles. The number of ether oxygens (including phenoxy) is 2. The van der Waals surface area contributed by atoms with Crippen LogP contribution in [0.2, 0.25) is 0 Å². The molecule has 23 heavy (non-hydrogen) atoms. The molecule has 1 saturated heterocycles.